The number of nitriles is 1. The molecule has 0 spiro atoms. The lowest BCUT2D eigenvalue weighted by molar-refractivity contribution is 0.283. The molecule has 1 aromatic rings. The molecule has 0 amide bonds. The molecule has 1 aromatic heterocycles. The molecule has 1 aliphatic carbocycles. The Morgan fingerprint density at radius 2 is 2.24 bits per heavy atom. The average Bonchev–Trinajstić information content (AvgIpc) is 2.74. The fourth-order valence-corrected chi connectivity index (χ4v) is 4.59. The molecule has 0 saturated heterocycles. The zero-order valence-electron chi connectivity index (χ0n) is 11.0. The van der Waals surface area contributed by atoms with E-state index in [2.05, 4.69) is 33.8 Å². The first-order valence-corrected chi connectivity index (χ1v) is 7.12. The molecule has 0 radical (unpaired) electrons. The molecule has 2 N–H and O–H groups in total. The first-order valence-electron chi connectivity index (χ1n) is 6.30. The monoisotopic (exact) mass is 248 g/mol. The quantitative estimate of drug-likeness (QED) is 0.859. The molecule has 2 nitrogen and oxygen atoms in total. The van der Waals surface area contributed by atoms with Gasteiger partial charge in [-0.25, -0.2) is 0 Å². The van der Waals surface area contributed by atoms with Gasteiger partial charge >= 0.3 is 0 Å². The normalized spacial score (nSPS) is 27.2. The van der Waals surface area contributed by atoms with Crippen LogP contribution in [0.1, 0.15) is 62.5 Å². The first kappa shape index (κ1) is 12.4. The molecule has 3 heteroatoms. The van der Waals surface area contributed by atoms with Gasteiger partial charge in [-0.1, -0.05) is 27.7 Å². The molecule has 2 atom stereocenters. The summed E-state index contributed by atoms with van der Waals surface area (Å²) in [7, 11) is 0. The van der Waals surface area contributed by atoms with Crippen molar-refractivity contribution in [2.45, 2.75) is 51.9 Å². The van der Waals surface area contributed by atoms with Crippen LogP contribution in [-0.4, -0.2) is 0 Å². The standard InChI is InChI=1S/C14H20N2S/c1-5-14(8(2)3)6-9(4)12-11(14)10(7-15)13(16)17-12/h8-9H,5-6,16H2,1-4H3. The lowest BCUT2D eigenvalue weighted by Gasteiger charge is -2.34. The lowest BCUT2D eigenvalue weighted by Crippen LogP contribution is -2.29. The lowest BCUT2D eigenvalue weighted by atomic mass is 9.69. The van der Waals surface area contributed by atoms with Gasteiger partial charge in [-0.15, -0.1) is 11.3 Å². The van der Waals surface area contributed by atoms with Crippen molar-refractivity contribution >= 4 is 16.3 Å². The van der Waals surface area contributed by atoms with Crippen molar-refractivity contribution in [1.29, 1.82) is 5.26 Å². The van der Waals surface area contributed by atoms with E-state index >= 15 is 0 Å². The maximum atomic E-state index is 9.34. The fraction of sp³-hybridized carbons (Fsp3) is 0.643. The molecule has 0 aromatic carbocycles. The van der Waals surface area contributed by atoms with Crippen molar-refractivity contribution in [2.24, 2.45) is 5.92 Å². The van der Waals surface area contributed by atoms with Crippen molar-refractivity contribution in [3.63, 3.8) is 0 Å². The van der Waals surface area contributed by atoms with Crippen molar-refractivity contribution in [3.8, 4) is 6.07 Å². The predicted molar refractivity (Wildman–Crippen MR) is 73.3 cm³/mol. The number of nitrogen functional groups attached to an aromatic ring is 1. The van der Waals surface area contributed by atoms with Crippen LogP contribution in [0.4, 0.5) is 5.00 Å². The number of nitrogens with zero attached hydrogens (tertiary/aromatic N) is 1. The summed E-state index contributed by atoms with van der Waals surface area (Å²) in [6.07, 6.45) is 2.25. The molecule has 0 aliphatic heterocycles. The summed E-state index contributed by atoms with van der Waals surface area (Å²) in [4.78, 5) is 1.36. The second kappa shape index (κ2) is 4.03. The van der Waals surface area contributed by atoms with E-state index in [9.17, 15) is 5.26 Å². The van der Waals surface area contributed by atoms with Crippen molar-refractivity contribution in [3.05, 3.63) is 16.0 Å². The Bertz CT molecular complexity index is 481. The van der Waals surface area contributed by atoms with Crippen LogP contribution in [0.15, 0.2) is 0 Å². The van der Waals surface area contributed by atoms with Crippen LogP contribution in [-0.2, 0) is 5.41 Å². The third kappa shape index (κ3) is 1.51. The van der Waals surface area contributed by atoms with E-state index in [1.807, 2.05) is 0 Å². The molecule has 1 aliphatic rings. The minimum absolute atomic E-state index is 0.161. The second-order valence-electron chi connectivity index (χ2n) is 5.46. The summed E-state index contributed by atoms with van der Waals surface area (Å²) >= 11 is 1.63. The van der Waals surface area contributed by atoms with Crippen LogP contribution in [0.25, 0.3) is 0 Å². The molecule has 0 fully saturated rings. The van der Waals surface area contributed by atoms with E-state index in [1.54, 1.807) is 11.3 Å². The highest BCUT2D eigenvalue weighted by Crippen LogP contribution is 2.57. The van der Waals surface area contributed by atoms with Crippen LogP contribution in [0.3, 0.4) is 0 Å². The highest BCUT2D eigenvalue weighted by Gasteiger charge is 2.46. The number of fused-ring (bicyclic) bond motifs is 1. The summed E-state index contributed by atoms with van der Waals surface area (Å²) in [5.41, 5.74) is 8.18. The number of hydrogen-bond acceptors (Lipinski definition) is 3. The zero-order chi connectivity index (χ0) is 12.8. The fourth-order valence-electron chi connectivity index (χ4n) is 3.41. The topological polar surface area (TPSA) is 49.8 Å². The molecule has 92 valence electrons. The van der Waals surface area contributed by atoms with E-state index in [4.69, 9.17) is 5.73 Å². The van der Waals surface area contributed by atoms with E-state index in [0.29, 0.717) is 16.8 Å². The Morgan fingerprint density at radius 3 is 2.71 bits per heavy atom. The number of hydrogen-bond donors (Lipinski definition) is 1. The van der Waals surface area contributed by atoms with Gasteiger partial charge < -0.3 is 5.73 Å². The number of nitrogens with two attached hydrogens (primary N) is 1. The van der Waals surface area contributed by atoms with E-state index < -0.39 is 0 Å². The average molecular weight is 248 g/mol. The first-order chi connectivity index (χ1) is 7.97. The summed E-state index contributed by atoms with van der Waals surface area (Å²) in [5, 5.41) is 10.1. The maximum absolute atomic E-state index is 9.34. The highest BCUT2D eigenvalue weighted by atomic mass is 32.1. The third-order valence-corrected chi connectivity index (χ3v) is 5.68. The largest absolute Gasteiger partial charge is 0.389 e. The molecule has 0 bridgehead atoms. The highest BCUT2D eigenvalue weighted by molar-refractivity contribution is 7.16. The van der Waals surface area contributed by atoms with Crippen LogP contribution in [0, 0.1) is 17.2 Å². The van der Waals surface area contributed by atoms with Crippen molar-refractivity contribution < 1.29 is 0 Å². The summed E-state index contributed by atoms with van der Waals surface area (Å²) < 4.78 is 0. The summed E-state index contributed by atoms with van der Waals surface area (Å²) in [6.45, 7) is 9.02. The Balaban J connectivity index is 2.71. The van der Waals surface area contributed by atoms with Gasteiger partial charge in [0.15, 0.2) is 0 Å². The summed E-state index contributed by atoms with van der Waals surface area (Å²) in [6, 6.07) is 2.33. The van der Waals surface area contributed by atoms with Gasteiger partial charge in [0.05, 0.1) is 5.56 Å². The van der Waals surface area contributed by atoms with Gasteiger partial charge in [0.2, 0.25) is 0 Å². The third-order valence-electron chi connectivity index (χ3n) is 4.43. The van der Waals surface area contributed by atoms with Gasteiger partial charge in [0.1, 0.15) is 11.1 Å². The molecule has 2 unspecified atom stereocenters. The smallest absolute Gasteiger partial charge is 0.104 e. The molecule has 17 heavy (non-hydrogen) atoms. The van der Waals surface area contributed by atoms with Gasteiger partial charge in [0.25, 0.3) is 0 Å². The van der Waals surface area contributed by atoms with E-state index in [0.717, 1.165) is 18.4 Å². The molecular formula is C14H20N2S. The van der Waals surface area contributed by atoms with Crippen LogP contribution < -0.4 is 5.73 Å². The van der Waals surface area contributed by atoms with Crippen molar-refractivity contribution in [1.82, 2.24) is 0 Å². The van der Waals surface area contributed by atoms with Crippen LogP contribution >= 0.6 is 11.3 Å². The minimum Gasteiger partial charge on any atom is -0.389 e. The Labute approximate surface area is 107 Å². The molecule has 2 rings (SSSR count). The Hall–Kier alpha value is -1.01. The SMILES string of the molecule is CCC1(C(C)C)CC(C)c2sc(N)c(C#N)c21. The van der Waals surface area contributed by atoms with Gasteiger partial charge in [-0.2, -0.15) is 5.26 Å². The maximum Gasteiger partial charge on any atom is 0.104 e. The van der Waals surface area contributed by atoms with Crippen LogP contribution in [0.2, 0.25) is 0 Å². The predicted octanol–water partition coefficient (Wildman–Crippen LogP) is 4.01. The van der Waals surface area contributed by atoms with E-state index in [1.165, 1.54) is 10.4 Å². The van der Waals surface area contributed by atoms with Crippen LogP contribution in [0.5, 0.6) is 0 Å². The minimum atomic E-state index is 0.161. The molecule has 1 heterocycles. The van der Waals surface area contributed by atoms with Gasteiger partial charge in [-0.3, -0.25) is 0 Å². The van der Waals surface area contributed by atoms with Crippen molar-refractivity contribution in [2.75, 3.05) is 5.73 Å². The van der Waals surface area contributed by atoms with Gasteiger partial charge in [0, 0.05) is 10.3 Å². The zero-order valence-corrected chi connectivity index (χ0v) is 11.8. The number of anilines is 1. The second-order valence-corrected chi connectivity index (χ2v) is 6.55. The number of thiophene rings is 1. The van der Waals surface area contributed by atoms with Gasteiger partial charge in [-0.05, 0) is 30.2 Å². The number of rotatable bonds is 2. The molecular weight excluding hydrogens is 228 g/mol. The Morgan fingerprint density at radius 1 is 1.59 bits per heavy atom. The Kier molecular flexibility index (Phi) is 2.95. The van der Waals surface area contributed by atoms with E-state index in [-0.39, 0.29) is 5.41 Å². The summed E-state index contributed by atoms with van der Waals surface area (Å²) in [5.74, 6) is 1.10. The molecule has 0 saturated carbocycles.